The molecule has 0 aliphatic carbocycles. The minimum Gasteiger partial charge on any atom is -0.406 e. The first-order valence-corrected chi connectivity index (χ1v) is 6.61. The topological polar surface area (TPSA) is 51.0 Å². The van der Waals surface area contributed by atoms with Gasteiger partial charge in [0.05, 0.1) is 6.04 Å². The molecule has 114 valence electrons. The molecule has 0 saturated heterocycles. The van der Waals surface area contributed by atoms with Crippen molar-refractivity contribution in [3.63, 3.8) is 0 Å². The largest absolute Gasteiger partial charge is 0.573 e. The Morgan fingerprint density at radius 3 is 2.32 bits per heavy atom. The molecule has 22 heavy (non-hydrogen) atoms. The summed E-state index contributed by atoms with van der Waals surface area (Å²) in [4.78, 5) is 3.09. The molecular weight excluding hydrogens is 293 g/mol. The molecule has 0 spiro atoms. The molecule has 6 heteroatoms. The number of H-pyrrole nitrogens is 1. The molecule has 0 bridgehead atoms. The van der Waals surface area contributed by atoms with Crippen LogP contribution >= 0.6 is 0 Å². The summed E-state index contributed by atoms with van der Waals surface area (Å²) in [5.74, 6) is -0.260. The Labute approximate surface area is 124 Å². The van der Waals surface area contributed by atoms with Crippen molar-refractivity contribution < 1.29 is 17.9 Å². The van der Waals surface area contributed by atoms with Gasteiger partial charge in [-0.3, -0.25) is 0 Å². The van der Waals surface area contributed by atoms with Gasteiger partial charge in [0.15, 0.2) is 0 Å². The number of aromatic nitrogens is 1. The van der Waals surface area contributed by atoms with Crippen molar-refractivity contribution in [3.8, 4) is 5.75 Å². The fourth-order valence-corrected chi connectivity index (χ4v) is 2.33. The van der Waals surface area contributed by atoms with Crippen LogP contribution in [0.3, 0.4) is 0 Å². The zero-order valence-electron chi connectivity index (χ0n) is 11.4. The van der Waals surface area contributed by atoms with Crippen LogP contribution in [0.15, 0.2) is 54.7 Å². The zero-order valence-corrected chi connectivity index (χ0v) is 11.4. The minimum absolute atomic E-state index is 0.260. The second kappa shape index (κ2) is 5.38. The van der Waals surface area contributed by atoms with Crippen LogP contribution in [-0.2, 0) is 0 Å². The first-order chi connectivity index (χ1) is 10.4. The van der Waals surface area contributed by atoms with Gasteiger partial charge in [0.25, 0.3) is 0 Å². The number of halogens is 3. The molecule has 0 saturated carbocycles. The van der Waals surface area contributed by atoms with Crippen molar-refractivity contribution in [1.29, 1.82) is 0 Å². The van der Waals surface area contributed by atoms with Crippen LogP contribution in [0.1, 0.15) is 17.2 Å². The van der Waals surface area contributed by atoms with Crippen molar-refractivity contribution in [2.75, 3.05) is 0 Å². The van der Waals surface area contributed by atoms with E-state index in [2.05, 4.69) is 9.72 Å². The average molecular weight is 306 g/mol. The number of benzene rings is 2. The number of rotatable bonds is 3. The lowest BCUT2D eigenvalue weighted by atomic mass is 9.98. The second-order valence-electron chi connectivity index (χ2n) is 4.92. The van der Waals surface area contributed by atoms with Crippen molar-refractivity contribution >= 4 is 10.9 Å². The fourth-order valence-electron chi connectivity index (χ4n) is 2.33. The van der Waals surface area contributed by atoms with Crippen molar-refractivity contribution in [2.45, 2.75) is 12.4 Å². The Kier molecular flexibility index (Phi) is 3.54. The van der Waals surface area contributed by atoms with Gasteiger partial charge in [-0.25, -0.2) is 0 Å². The smallest absolute Gasteiger partial charge is 0.406 e. The van der Waals surface area contributed by atoms with Crippen LogP contribution in [0.4, 0.5) is 13.2 Å². The molecule has 3 rings (SSSR count). The SMILES string of the molecule is N[C@H](c1ccc(OC(F)(F)F)cc1)c1ccc2[nH]ccc2c1. The van der Waals surface area contributed by atoms with Crippen LogP contribution in [-0.4, -0.2) is 11.3 Å². The van der Waals surface area contributed by atoms with Crippen LogP contribution in [0.25, 0.3) is 10.9 Å². The van der Waals surface area contributed by atoms with E-state index in [1.807, 2.05) is 30.5 Å². The maximum Gasteiger partial charge on any atom is 0.573 e. The molecule has 0 unspecified atom stereocenters. The van der Waals surface area contributed by atoms with E-state index in [1.54, 1.807) is 0 Å². The highest BCUT2D eigenvalue weighted by molar-refractivity contribution is 5.80. The number of hydrogen-bond acceptors (Lipinski definition) is 2. The summed E-state index contributed by atoms with van der Waals surface area (Å²) in [7, 11) is 0. The van der Waals surface area contributed by atoms with E-state index in [1.165, 1.54) is 24.3 Å². The molecule has 0 radical (unpaired) electrons. The number of nitrogens with one attached hydrogen (secondary N) is 1. The second-order valence-corrected chi connectivity index (χ2v) is 4.92. The standard InChI is InChI=1S/C16H13F3N2O/c17-16(18,19)22-13-4-1-10(2-5-13)15(20)12-3-6-14-11(9-12)7-8-21-14/h1-9,15,21H,20H2/t15-/m1/s1. The van der Waals surface area contributed by atoms with Gasteiger partial charge in [0.1, 0.15) is 5.75 Å². The molecule has 0 amide bonds. The average Bonchev–Trinajstić information content (AvgIpc) is 2.93. The highest BCUT2D eigenvalue weighted by Crippen LogP contribution is 2.27. The summed E-state index contributed by atoms with van der Waals surface area (Å²) in [6, 6.07) is 12.9. The summed E-state index contributed by atoms with van der Waals surface area (Å²) >= 11 is 0. The van der Waals surface area contributed by atoms with E-state index in [-0.39, 0.29) is 5.75 Å². The quantitative estimate of drug-likeness (QED) is 0.765. The lowest BCUT2D eigenvalue weighted by molar-refractivity contribution is -0.274. The highest BCUT2D eigenvalue weighted by Gasteiger charge is 2.31. The van der Waals surface area contributed by atoms with Gasteiger partial charge in [0.2, 0.25) is 0 Å². The lowest BCUT2D eigenvalue weighted by Gasteiger charge is -2.14. The number of hydrogen-bond donors (Lipinski definition) is 2. The predicted octanol–water partition coefficient (Wildman–Crippen LogP) is 4.11. The Hall–Kier alpha value is -2.47. The minimum atomic E-state index is -4.69. The number of fused-ring (bicyclic) bond motifs is 1. The van der Waals surface area contributed by atoms with Crippen molar-refractivity contribution in [2.24, 2.45) is 5.73 Å². The fraction of sp³-hybridized carbons (Fsp3) is 0.125. The predicted molar refractivity (Wildman–Crippen MR) is 77.5 cm³/mol. The molecule has 2 aromatic carbocycles. The van der Waals surface area contributed by atoms with Gasteiger partial charge < -0.3 is 15.5 Å². The van der Waals surface area contributed by atoms with Crippen LogP contribution in [0.5, 0.6) is 5.75 Å². The normalized spacial score (nSPS) is 13.3. The van der Waals surface area contributed by atoms with Gasteiger partial charge in [0, 0.05) is 11.7 Å². The summed E-state index contributed by atoms with van der Waals surface area (Å²) < 4.78 is 40.2. The molecule has 3 nitrogen and oxygen atoms in total. The maximum absolute atomic E-state index is 12.1. The number of aromatic amines is 1. The molecule has 3 N–H and O–H groups in total. The Morgan fingerprint density at radius 1 is 0.955 bits per heavy atom. The van der Waals surface area contributed by atoms with E-state index in [0.29, 0.717) is 5.56 Å². The molecular formula is C16H13F3N2O. The van der Waals surface area contributed by atoms with Crippen LogP contribution in [0, 0.1) is 0 Å². The molecule has 0 aliphatic rings. The van der Waals surface area contributed by atoms with Crippen LogP contribution < -0.4 is 10.5 Å². The van der Waals surface area contributed by atoms with E-state index in [9.17, 15) is 13.2 Å². The third-order valence-corrected chi connectivity index (χ3v) is 3.41. The third kappa shape index (κ3) is 3.07. The summed E-state index contributed by atoms with van der Waals surface area (Å²) in [5.41, 5.74) is 8.78. The van der Waals surface area contributed by atoms with E-state index < -0.39 is 12.4 Å². The monoisotopic (exact) mass is 306 g/mol. The van der Waals surface area contributed by atoms with Gasteiger partial charge in [-0.2, -0.15) is 0 Å². The summed E-state index contributed by atoms with van der Waals surface area (Å²) in [6.45, 7) is 0. The van der Waals surface area contributed by atoms with Crippen LogP contribution in [0.2, 0.25) is 0 Å². The molecule has 0 aliphatic heterocycles. The number of ether oxygens (including phenoxy) is 1. The summed E-state index contributed by atoms with van der Waals surface area (Å²) in [5, 5.41) is 1.03. The van der Waals surface area contributed by atoms with Crippen molar-refractivity contribution in [3.05, 3.63) is 65.9 Å². The Morgan fingerprint density at radius 2 is 1.64 bits per heavy atom. The number of nitrogens with two attached hydrogens (primary N) is 1. The van der Waals surface area contributed by atoms with Gasteiger partial charge in [-0.1, -0.05) is 18.2 Å². The lowest BCUT2D eigenvalue weighted by Crippen LogP contribution is -2.17. The molecule has 1 heterocycles. The first-order valence-electron chi connectivity index (χ1n) is 6.61. The Balaban J connectivity index is 1.83. The Bertz CT molecular complexity index is 778. The van der Waals surface area contributed by atoms with Gasteiger partial charge in [-0.15, -0.1) is 13.2 Å². The van der Waals surface area contributed by atoms with Gasteiger partial charge >= 0.3 is 6.36 Å². The maximum atomic E-state index is 12.1. The molecule has 1 atom stereocenters. The molecule has 0 fully saturated rings. The van der Waals surface area contributed by atoms with E-state index >= 15 is 0 Å². The van der Waals surface area contributed by atoms with E-state index in [0.717, 1.165) is 16.5 Å². The highest BCUT2D eigenvalue weighted by atomic mass is 19.4. The van der Waals surface area contributed by atoms with Gasteiger partial charge in [-0.05, 0) is 46.8 Å². The molecule has 3 aromatic rings. The third-order valence-electron chi connectivity index (χ3n) is 3.41. The number of alkyl halides is 3. The van der Waals surface area contributed by atoms with Crippen molar-refractivity contribution in [1.82, 2.24) is 4.98 Å². The first kappa shape index (κ1) is 14.5. The zero-order chi connectivity index (χ0) is 15.7. The van der Waals surface area contributed by atoms with E-state index in [4.69, 9.17) is 5.73 Å². The summed E-state index contributed by atoms with van der Waals surface area (Å²) in [6.07, 6.45) is -2.85. The molecule has 1 aromatic heterocycles.